The number of aromatic nitrogens is 1. The summed E-state index contributed by atoms with van der Waals surface area (Å²) in [6, 6.07) is 5.82. The van der Waals surface area contributed by atoms with Crippen LogP contribution < -0.4 is 5.32 Å². The summed E-state index contributed by atoms with van der Waals surface area (Å²) < 4.78 is 35.5. The van der Waals surface area contributed by atoms with Gasteiger partial charge in [-0.15, -0.1) is 11.3 Å². The molecule has 3 heterocycles. The first-order chi connectivity index (χ1) is 16.5. The third-order valence-electron chi connectivity index (χ3n) is 6.33. The number of nitrogens with zero attached hydrogens (tertiary/aromatic N) is 2. The first-order valence-electron chi connectivity index (χ1n) is 11.4. The smallest absolute Gasteiger partial charge is 0.325 e. The number of hydrogen-bond acceptors (Lipinski definition) is 4. The molecule has 1 aliphatic heterocycles. The molecular formula is C25H25F2N3O3S. The van der Waals surface area contributed by atoms with Gasteiger partial charge in [-0.05, 0) is 68.0 Å². The fourth-order valence-corrected chi connectivity index (χ4v) is 6.34. The van der Waals surface area contributed by atoms with E-state index < -0.39 is 29.7 Å². The molecule has 1 aliphatic carbocycles. The Morgan fingerprint density at radius 1 is 1.15 bits per heavy atom. The number of carbonyl (C=O) groups excluding carboxylic acids is 2. The lowest BCUT2D eigenvalue weighted by atomic mass is 9.95. The molecule has 0 fully saturated rings. The molecule has 1 aromatic carbocycles. The van der Waals surface area contributed by atoms with Crippen LogP contribution in [0.2, 0.25) is 0 Å². The van der Waals surface area contributed by atoms with Crippen molar-refractivity contribution in [1.82, 2.24) is 14.8 Å². The van der Waals surface area contributed by atoms with Gasteiger partial charge in [0, 0.05) is 22.7 Å². The van der Waals surface area contributed by atoms with Gasteiger partial charge >= 0.3 is 12.0 Å². The predicted octanol–water partition coefficient (Wildman–Crippen LogP) is 4.87. The molecule has 5 rings (SSSR count). The lowest BCUT2D eigenvalue weighted by Crippen LogP contribution is -2.44. The van der Waals surface area contributed by atoms with Crippen LogP contribution in [-0.4, -0.2) is 34.6 Å². The Kier molecular flexibility index (Phi) is 6.12. The second kappa shape index (κ2) is 9.21. The van der Waals surface area contributed by atoms with Gasteiger partial charge in [-0.2, -0.15) is 0 Å². The minimum atomic E-state index is -0.749. The van der Waals surface area contributed by atoms with Crippen molar-refractivity contribution in [3.05, 3.63) is 75.4 Å². The number of esters is 1. The Balaban J connectivity index is 1.62. The van der Waals surface area contributed by atoms with Crippen molar-refractivity contribution in [3.63, 3.8) is 0 Å². The molecule has 1 unspecified atom stereocenters. The minimum Gasteiger partial charge on any atom is -0.465 e. The summed E-state index contributed by atoms with van der Waals surface area (Å²) in [6.45, 7) is 1.88. The van der Waals surface area contributed by atoms with Crippen LogP contribution in [0.5, 0.6) is 0 Å². The highest BCUT2D eigenvalue weighted by Gasteiger charge is 2.36. The van der Waals surface area contributed by atoms with Crippen molar-refractivity contribution < 1.29 is 23.1 Å². The number of halogens is 2. The Bertz CT molecular complexity index is 1230. The molecule has 0 bridgehead atoms. The Hall–Kier alpha value is -3.20. The molecular weight excluding hydrogens is 460 g/mol. The van der Waals surface area contributed by atoms with Gasteiger partial charge in [0.05, 0.1) is 18.8 Å². The van der Waals surface area contributed by atoms with Crippen LogP contribution in [0.25, 0.3) is 5.00 Å². The number of urea groups is 1. The summed E-state index contributed by atoms with van der Waals surface area (Å²) in [5.41, 5.74) is 3.38. The van der Waals surface area contributed by atoms with Gasteiger partial charge in [0.15, 0.2) is 0 Å². The van der Waals surface area contributed by atoms with Crippen molar-refractivity contribution in [2.75, 3.05) is 13.2 Å². The summed E-state index contributed by atoms with van der Waals surface area (Å²) in [5.74, 6) is -1.97. The van der Waals surface area contributed by atoms with E-state index in [9.17, 15) is 18.4 Å². The molecule has 2 aromatic heterocycles. The number of nitrogens with one attached hydrogen (secondary N) is 1. The van der Waals surface area contributed by atoms with Crippen LogP contribution in [0.3, 0.4) is 0 Å². The van der Waals surface area contributed by atoms with E-state index in [0.717, 1.165) is 48.0 Å². The Labute approximate surface area is 200 Å². The number of carbonyl (C=O) groups is 2. The third-order valence-corrected chi connectivity index (χ3v) is 7.66. The van der Waals surface area contributed by atoms with E-state index in [0.29, 0.717) is 5.56 Å². The molecule has 1 atom stereocenters. The highest BCUT2D eigenvalue weighted by Crippen LogP contribution is 2.44. The van der Waals surface area contributed by atoms with Gasteiger partial charge in [0.2, 0.25) is 0 Å². The SMILES string of the molecule is CCOC(=O)CNC(=O)N1Cc2c(sc3c2CCCC3)-n2cccc2C1c1cc(F)cc(F)c1. The van der Waals surface area contributed by atoms with E-state index in [-0.39, 0.29) is 19.7 Å². The van der Waals surface area contributed by atoms with Crippen LogP contribution in [0.1, 0.15) is 53.1 Å². The second-order valence-electron chi connectivity index (χ2n) is 8.49. The number of ether oxygens (including phenoxy) is 1. The molecule has 0 saturated carbocycles. The normalized spacial score (nSPS) is 16.8. The number of hydrogen-bond donors (Lipinski definition) is 1. The van der Waals surface area contributed by atoms with E-state index in [1.807, 2.05) is 22.9 Å². The van der Waals surface area contributed by atoms with Crippen molar-refractivity contribution in [2.45, 2.75) is 45.2 Å². The maximum absolute atomic E-state index is 14.3. The largest absolute Gasteiger partial charge is 0.465 e. The predicted molar refractivity (Wildman–Crippen MR) is 124 cm³/mol. The highest BCUT2D eigenvalue weighted by atomic mass is 32.1. The van der Waals surface area contributed by atoms with Crippen LogP contribution >= 0.6 is 11.3 Å². The maximum Gasteiger partial charge on any atom is 0.325 e. The van der Waals surface area contributed by atoms with Gasteiger partial charge in [-0.1, -0.05) is 0 Å². The molecule has 9 heteroatoms. The monoisotopic (exact) mass is 485 g/mol. The third kappa shape index (κ3) is 4.09. The highest BCUT2D eigenvalue weighted by molar-refractivity contribution is 7.15. The van der Waals surface area contributed by atoms with Gasteiger partial charge in [-0.25, -0.2) is 13.6 Å². The van der Waals surface area contributed by atoms with Crippen molar-refractivity contribution >= 4 is 23.3 Å². The zero-order chi connectivity index (χ0) is 23.8. The zero-order valence-corrected chi connectivity index (χ0v) is 19.6. The van der Waals surface area contributed by atoms with Crippen molar-refractivity contribution in [2.24, 2.45) is 0 Å². The zero-order valence-electron chi connectivity index (χ0n) is 18.8. The molecule has 0 spiro atoms. The van der Waals surface area contributed by atoms with E-state index in [2.05, 4.69) is 5.32 Å². The second-order valence-corrected chi connectivity index (χ2v) is 9.58. The van der Waals surface area contributed by atoms with Crippen LogP contribution in [0.15, 0.2) is 36.5 Å². The topological polar surface area (TPSA) is 63.6 Å². The molecule has 0 saturated heterocycles. The number of fused-ring (bicyclic) bond motifs is 5. The molecule has 2 aliphatic rings. The van der Waals surface area contributed by atoms with Crippen LogP contribution in [0.4, 0.5) is 13.6 Å². The molecule has 1 N–H and O–H groups in total. The van der Waals surface area contributed by atoms with E-state index in [1.165, 1.54) is 22.6 Å². The summed E-state index contributed by atoms with van der Waals surface area (Å²) >= 11 is 1.72. The average Bonchev–Trinajstić information content (AvgIpc) is 3.39. The van der Waals surface area contributed by atoms with Gasteiger partial charge in [0.25, 0.3) is 0 Å². The number of thiophene rings is 1. The van der Waals surface area contributed by atoms with E-state index in [4.69, 9.17) is 4.74 Å². The molecule has 6 nitrogen and oxygen atoms in total. The van der Waals surface area contributed by atoms with Crippen molar-refractivity contribution in [3.8, 4) is 5.00 Å². The number of amides is 2. The summed E-state index contributed by atoms with van der Waals surface area (Å²) in [5, 5.41) is 3.68. The Morgan fingerprint density at radius 2 is 1.91 bits per heavy atom. The summed E-state index contributed by atoms with van der Waals surface area (Å²) in [7, 11) is 0. The number of aryl methyl sites for hydroxylation is 1. The fourth-order valence-electron chi connectivity index (χ4n) is 4.93. The molecule has 2 amide bonds. The van der Waals surface area contributed by atoms with Gasteiger partial charge < -0.3 is 19.5 Å². The van der Waals surface area contributed by atoms with Crippen LogP contribution in [0, 0.1) is 11.6 Å². The maximum atomic E-state index is 14.3. The average molecular weight is 486 g/mol. The van der Waals surface area contributed by atoms with E-state index >= 15 is 0 Å². The quantitative estimate of drug-likeness (QED) is 0.536. The standard InChI is InChI=1S/C25H25F2N3O3S/c1-2-33-22(31)13-28-25(32)30-14-19-18-6-3-4-8-21(18)34-24(19)29-9-5-7-20(29)23(30)15-10-16(26)12-17(27)11-15/h5,7,9-12,23H,2-4,6,8,13-14H2,1H3,(H,28,32). The molecule has 3 aromatic rings. The van der Waals surface area contributed by atoms with Crippen molar-refractivity contribution in [1.29, 1.82) is 0 Å². The lowest BCUT2D eigenvalue weighted by Gasteiger charge is -2.31. The van der Waals surface area contributed by atoms with Crippen LogP contribution in [-0.2, 0) is 28.9 Å². The molecule has 34 heavy (non-hydrogen) atoms. The first-order valence-corrected chi connectivity index (χ1v) is 12.2. The fraction of sp³-hybridized carbons (Fsp3) is 0.360. The van der Waals surface area contributed by atoms with Gasteiger partial charge in [-0.3, -0.25) is 4.79 Å². The number of benzene rings is 1. The molecule has 178 valence electrons. The first kappa shape index (κ1) is 22.6. The Morgan fingerprint density at radius 3 is 2.68 bits per heavy atom. The van der Waals surface area contributed by atoms with E-state index in [1.54, 1.807) is 23.2 Å². The van der Waals surface area contributed by atoms with Gasteiger partial charge in [0.1, 0.15) is 29.2 Å². The number of rotatable bonds is 4. The summed E-state index contributed by atoms with van der Waals surface area (Å²) in [4.78, 5) is 28.2. The lowest BCUT2D eigenvalue weighted by molar-refractivity contribution is -0.141. The molecule has 0 radical (unpaired) electrons. The summed E-state index contributed by atoms with van der Waals surface area (Å²) in [6.07, 6.45) is 6.10. The minimum absolute atomic E-state index is 0.210.